The smallest absolute Gasteiger partial charge is 0.404 e. The number of anilines is 2. The molecule has 0 aliphatic heterocycles. The molecular formula is C21H23Cl2N7O4S. The van der Waals surface area contributed by atoms with Crippen LogP contribution in [0.1, 0.15) is 31.5 Å². The summed E-state index contributed by atoms with van der Waals surface area (Å²) in [7, 11) is -3.59. The average molecular weight is 540 g/mol. The Balaban J connectivity index is 1.73. The summed E-state index contributed by atoms with van der Waals surface area (Å²) < 4.78 is 26.0. The van der Waals surface area contributed by atoms with E-state index < -0.39 is 16.1 Å². The number of rotatable bonds is 9. The number of halogens is 2. The van der Waals surface area contributed by atoms with Crippen molar-refractivity contribution in [2.75, 3.05) is 22.8 Å². The monoisotopic (exact) mass is 539 g/mol. The molecular weight excluding hydrogens is 517 g/mol. The predicted molar refractivity (Wildman–Crippen MR) is 135 cm³/mol. The number of benzene rings is 1. The molecule has 1 fully saturated rings. The largest absolute Gasteiger partial charge is 0.465 e. The van der Waals surface area contributed by atoms with E-state index in [1.54, 1.807) is 25.3 Å². The van der Waals surface area contributed by atoms with E-state index in [4.69, 9.17) is 33.3 Å². The second kappa shape index (κ2) is 9.88. The standard InChI is InChI=1S/C21H23Cl2N7O4S/c1-10(26-21(31)32)9-25-20-24-6-5-14(27-20)18-17(28-19(29-18)11-3-4-11)13-7-12(22)8-15(16(13)23)30-35(2,33)34/h5-8,10-11,26,30H,3-4,9H2,1-2H3,(H,28,29)(H,31,32)(H,24,25,27). The van der Waals surface area contributed by atoms with E-state index in [0.717, 1.165) is 24.9 Å². The highest BCUT2D eigenvalue weighted by Gasteiger charge is 2.30. The first-order valence-electron chi connectivity index (χ1n) is 10.6. The van der Waals surface area contributed by atoms with Crippen LogP contribution in [-0.2, 0) is 10.0 Å². The maximum atomic E-state index is 11.8. The van der Waals surface area contributed by atoms with Crippen molar-refractivity contribution in [3.05, 3.63) is 40.3 Å². The van der Waals surface area contributed by atoms with Gasteiger partial charge in [-0.25, -0.2) is 28.2 Å². The van der Waals surface area contributed by atoms with Crippen LogP contribution < -0.4 is 15.4 Å². The van der Waals surface area contributed by atoms with Gasteiger partial charge in [0.1, 0.15) is 5.82 Å². The number of hydrogen-bond donors (Lipinski definition) is 5. The highest BCUT2D eigenvalue weighted by Crippen LogP contribution is 2.44. The van der Waals surface area contributed by atoms with Crippen LogP contribution in [0.5, 0.6) is 0 Å². The number of carbonyl (C=O) groups is 1. The van der Waals surface area contributed by atoms with Gasteiger partial charge in [-0.05, 0) is 38.0 Å². The lowest BCUT2D eigenvalue weighted by Crippen LogP contribution is -2.36. The van der Waals surface area contributed by atoms with Crippen molar-refractivity contribution in [3.63, 3.8) is 0 Å². The fourth-order valence-corrected chi connectivity index (χ4v) is 4.53. The van der Waals surface area contributed by atoms with Gasteiger partial charge in [0.15, 0.2) is 0 Å². The van der Waals surface area contributed by atoms with Gasteiger partial charge >= 0.3 is 6.09 Å². The number of sulfonamides is 1. The lowest BCUT2D eigenvalue weighted by atomic mass is 10.1. The molecule has 1 aliphatic rings. The van der Waals surface area contributed by atoms with Crippen molar-refractivity contribution in [3.8, 4) is 22.6 Å². The van der Waals surface area contributed by atoms with Crippen molar-refractivity contribution >= 4 is 51.0 Å². The minimum Gasteiger partial charge on any atom is -0.465 e. The van der Waals surface area contributed by atoms with Crippen LogP contribution in [0.15, 0.2) is 24.4 Å². The highest BCUT2D eigenvalue weighted by atomic mass is 35.5. The summed E-state index contributed by atoms with van der Waals surface area (Å²) in [6.07, 6.45) is 3.48. The van der Waals surface area contributed by atoms with E-state index in [1.165, 1.54) is 6.07 Å². The van der Waals surface area contributed by atoms with Gasteiger partial charge in [-0.3, -0.25) is 4.72 Å². The fraction of sp³-hybridized carbons (Fsp3) is 0.333. The molecule has 1 amide bonds. The summed E-state index contributed by atoms with van der Waals surface area (Å²) in [4.78, 5) is 27.7. The van der Waals surface area contributed by atoms with Gasteiger partial charge in [0, 0.05) is 35.3 Å². The Bertz CT molecular complexity index is 1380. The quantitative estimate of drug-likeness (QED) is 0.270. The SMILES string of the molecule is CC(CNc1nccc(-c2[nH]c(C3CC3)nc2-c2cc(Cl)cc(NS(C)(=O)=O)c2Cl)n1)NC(=O)O. The predicted octanol–water partition coefficient (Wildman–Crippen LogP) is 4.16. The molecule has 2 heterocycles. The third kappa shape index (κ3) is 6.32. The lowest BCUT2D eigenvalue weighted by molar-refractivity contribution is 0.191. The Morgan fingerprint density at radius 2 is 2.03 bits per heavy atom. The molecule has 14 heteroatoms. The zero-order valence-corrected chi connectivity index (χ0v) is 21.1. The molecule has 2 aromatic heterocycles. The van der Waals surface area contributed by atoms with Crippen LogP contribution in [0.3, 0.4) is 0 Å². The Morgan fingerprint density at radius 3 is 2.69 bits per heavy atom. The third-order valence-corrected chi connectivity index (χ3v) is 6.34. The number of hydrogen-bond acceptors (Lipinski definition) is 7. The van der Waals surface area contributed by atoms with E-state index in [9.17, 15) is 13.2 Å². The van der Waals surface area contributed by atoms with Crippen LogP contribution in [0, 0.1) is 0 Å². The van der Waals surface area contributed by atoms with Crippen molar-refractivity contribution in [1.29, 1.82) is 0 Å². The van der Waals surface area contributed by atoms with Crippen molar-refractivity contribution in [1.82, 2.24) is 25.3 Å². The van der Waals surface area contributed by atoms with Gasteiger partial charge in [0.25, 0.3) is 0 Å². The molecule has 3 aromatic rings. The number of nitrogens with zero attached hydrogens (tertiary/aromatic N) is 3. The molecule has 186 valence electrons. The number of aromatic nitrogens is 4. The molecule has 1 atom stereocenters. The van der Waals surface area contributed by atoms with E-state index in [-0.39, 0.29) is 34.2 Å². The summed E-state index contributed by atoms with van der Waals surface area (Å²) in [5.41, 5.74) is 2.15. The van der Waals surface area contributed by atoms with Crippen LogP contribution in [0.4, 0.5) is 16.4 Å². The van der Waals surface area contributed by atoms with E-state index in [1.807, 2.05) is 0 Å². The van der Waals surface area contributed by atoms with Crippen molar-refractivity contribution in [2.45, 2.75) is 31.7 Å². The Hall–Kier alpha value is -3.09. The molecule has 4 rings (SSSR count). The second-order valence-electron chi connectivity index (χ2n) is 8.31. The minimum absolute atomic E-state index is 0.142. The number of aromatic amines is 1. The van der Waals surface area contributed by atoms with E-state index in [2.05, 4.69) is 30.3 Å². The van der Waals surface area contributed by atoms with Crippen molar-refractivity contribution < 1.29 is 18.3 Å². The van der Waals surface area contributed by atoms with Crippen LogP contribution in [0.2, 0.25) is 10.0 Å². The third-order valence-electron chi connectivity index (χ3n) is 5.12. The van der Waals surface area contributed by atoms with Crippen LogP contribution in [-0.4, -0.2) is 58.4 Å². The first kappa shape index (κ1) is 25.0. The summed E-state index contributed by atoms with van der Waals surface area (Å²) in [5.74, 6) is 1.36. The van der Waals surface area contributed by atoms with E-state index in [0.29, 0.717) is 28.6 Å². The van der Waals surface area contributed by atoms with Gasteiger partial charge in [-0.1, -0.05) is 23.2 Å². The number of imidazole rings is 1. The molecule has 1 unspecified atom stereocenters. The Kier molecular flexibility index (Phi) is 7.06. The summed E-state index contributed by atoms with van der Waals surface area (Å²) in [6, 6.07) is 4.39. The molecule has 5 N–H and O–H groups in total. The zero-order chi connectivity index (χ0) is 25.3. The van der Waals surface area contributed by atoms with Gasteiger partial charge in [0.2, 0.25) is 16.0 Å². The molecule has 11 nitrogen and oxygen atoms in total. The normalized spacial score (nSPS) is 14.4. The number of nitrogens with one attached hydrogen (secondary N) is 4. The summed E-state index contributed by atoms with van der Waals surface area (Å²) >= 11 is 12.9. The molecule has 35 heavy (non-hydrogen) atoms. The Morgan fingerprint density at radius 1 is 1.29 bits per heavy atom. The van der Waals surface area contributed by atoms with Gasteiger partial charge in [-0.2, -0.15) is 0 Å². The van der Waals surface area contributed by atoms with Gasteiger partial charge < -0.3 is 20.7 Å². The molecule has 1 aromatic carbocycles. The molecule has 0 radical (unpaired) electrons. The van der Waals surface area contributed by atoms with Crippen molar-refractivity contribution in [2.24, 2.45) is 0 Å². The molecule has 0 spiro atoms. The minimum atomic E-state index is -3.59. The second-order valence-corrected chi connectivity index (χ2v) is 10.9. The molecule has 1 aliphatic carbocycles. The van der Waals surface area contributed by atoms with Crippen LogP contribution in [0.25, 0.3) is 22.6 Å². The maximum Gasteiger partial charge on any atom is 0.404 e. The molecule has 0 bridgehead atoms. The first-order valence-corrected chi connectivity index (χ1v) is 13.3. The zero-order valence-electron chi connectivity index (χ0n) is 18.8. The number of H-pyrrole nitrogens is 1. The number of amides is 1. The van der Waals surface area contributed by atoms with Crippen LogP contribution >= 0.6 is 23.2 Å². The highest BCUT2D eigenvalue weighted by molar-refractivity contribution is 7.92. The summed E-state index contributed by atoms with van der Waals surface area (Å²) in [6.45, 7) is 1.99. The molecule has 0 saturated heterocycles. The van der Waals surface area contributed by atoms with Gasteiger partial charge in [0.05, 0.1) is 34.0 Å². The maximum absolute atomic E-state index is 11.8. The molecule has 1 saturated carbocycles. The average Bonchev–Trinajstić information content (AvgIpc) is 3.52. The lowest BCUT2D eigenvalue weighted by Gasteiger charge is -2.13. The first-order chi connectivity index (χ1) is 16.5. The topological polar surface area (TPSA) is 162 Å². The summed E-state index contributed by atoms with van der Waals surface area (Å²) in [5, 5.41) is 14.6. The van der Waals surface area contributed by atoms with Gasteiger partial charge in [-0.15, -0.1) is 0 Å². The Labute approximate surface area is 211 Å². The fourth-order valence-electron chi connectivity index (χ4n) is 3.45. The van der Waals surface area contributed by atoms with E-state index >= 15 is 0 Å². The number of carboxylic acid groups (broad SMARTS) is 1.